The van der Waals surface area contributed by atoms with E-state index < -0.39 is 22.2 Å². The van der Waals surface area contributed by atoms with Crippen molar-refractivity contribution in [2.24, 2.45) is 0 Å². The molecule has 1 aromatic carbocycles. The highest BCUT2D eigenvalue weighted by atomic mass is 35.5. The maximum Gasteiger partial charge on any atom is 0.283 e. The number of piperidine rings is 1. The highest BCUT2D eigenvalue weighted by Crippen LogP contribution is 2.28. The van der Waals surface area contributed by atoms with Crippen LogP contribution in [0.3, 0.4) is 0 Å². The summed E-state index contributed by atoms with van der Waals surface area (Å²) in [7, 11) is -3.77. The van der Waals surface area contributed by atoms with Gasteiger partial charge in [0.25, 0.3) is 16.1 Å². The summed E-state index contributed by atoms with van der Waals surface area (Å²) < 4.78 is 28.6. The van der Waals surface area contributed by atoms with Crippen molar-refractivity contribution in [1.82, 2.24) is 14.1 Å². The lowest BCUT2D eigenvalue weighted by molar-refractivity contribution is -0.134. The van der Waals surface area contributed by atoms with Crippen LogP contribution in [-0.4, -0.2) is 53.8 Å². The van der Waals surface area contributed by atoms with Gasteiger partial charge in [0, 0.05) is 24.7 Å². The summed E-state index contributed by atoms with van der Waals surface area (Å²) in [6.07, 6.45) is 4.35. The Hall–Kier alpha value is -1.45. The van der Waals surface area contributed by atoms with E-state index in [1.807, 2.05) is 30.3 Å². The van der Waals surface area contributed by atoms with E-state index in [0.717, 1.165) is 17.6 Å². The number of hydrogen-bond donors (Lipinski definition) is 2. The van der Waals surface area contributed by atoms with Crippen LogP contribution in [-0.2, 0) is 15.0 Å². The number of halogens is 1. The minimum atomic E-state index is -3.77. The summed E-state index contributed by atoms with van der Waals surface area (Å²) in [6.45, 7) is 0.885. The maximum atomic E-state index is 13.0. The largest absolute Gasteiger partial charge is 0.289 e. The molecule has 1 amide bonds. The number of rotatable bonds is 4. The molecule has 3 rings (SSSR count). The molecule has 0 spiro atoms. The fourth-order valence-corrected chi connectivity index (χ4v) is 5.34. The van der Waals surface area contributed by atoms with Crippen molar-refractivity contribution in [3.63, 3.8) is 0 Å². The van der Waals surface area contributed by atoms with Crippen LogP contribution < -0.4 is 5.48 Å². The molecule has 1 atom stereocenters. The number of hydroxylamine groups is 1. The Balaban J connectivity index is 1.76. The van der Waals surface area contributed by atoms with Crippen LogP contribution in [0.15, 0.2) is 30.3 Å². The van der Waals surface area contributed by atoms with Crippen molar-refractivity contribution < 1.29 is 18.4 Å². The fraction of sp³-hybridized carbons (Fsp3) is 0.471. The fourth-order valence-electron chi connectivity index (χ4n) is 3.45. The van der Waals surface area contributed by atoms with Gasteiger partial charge in [-0.2, -0.15) is 17.0 Å². The SMILES string of the molecule is O=C(NO)[C@H]1CCCCN1S(=O)(=O)N1CC=C(c2ccc(Cl)cc2)CC1. The Labute approximate surface area is 158 Å². The van der Waals surface area contributed by atoms with Crippen molar-refractivity contribution in [2.45, 2.75) is 31.7 Å². The number of carbonyl (C=O) groups is 1. The van der Waals surface area contributed by atoms with Crippen LogP contribution in [0.5, 0.6) is 0 Å². The van der Waals surface area contributed by atoms with Gasteiger partial charge in [-0.3, -0.25) is 10.0 Å². The van der Waals surface area contributed by atoms with Crippen molar-refractivity contribution in [3.05, 3.63) is 40.9 Å². The lowest BCUT2D eigenvalue weighted by Gasteiger charge is -2.37. The van der Waals surface area contributed by atoms with Gasteiger partial charge >= 0.3 is 0 Å². The smallest absolute Gasteiger partial charge is 0.283 e. The van der Waals surface area contributed by atoms with Crippen LogP contribution in [0.25, 0.3) is 5.57 Å². The van der Waals surface area contributed by atoms with Crippen molar-refractivity contribution in [1.29, 1.82) is 0 Å². The molecule has 142 valence electrons. The molecule has 0 aromatic heterocycles. The highest BCUT2D eigenvalue weighted by Gasteiger charge is 2.40. The van der Waals surface area contributed by atoms with Gasteiger partial charge in [0.15, 0.2) is 0 Å². The molecule has 1 fully saturated rings. The Bertz CT molecular complexity index is 795. The Morgan fingerprint density at radius 2 is 1.92 bits per heavy atom. The minimum absolute atomic E-state index is 0.254. The molecule has 0 saturated carbocycles. The first-order valence-electron chi connectivity index (χ1n) is 8.59. The molecule has 7 nitrogen and oxygen atoms in total. The molecule has 9 heteroatoms. The Morgan fingerprint density at radius 1 is 1.19 bits per heavy atom. The van der Waals surface area contributed by atoms with E-state index in [9.17, 15) is 13.2 Å². The van der Waals surface area contributed by atoms with Crippen molar-refractivity contribution in [3.8, 4) is 0 Å². The summed E-state index contributed by atoms with van der Waals surface area (Å²) in [4.78, 5) is 11.9. The van der Waals surface area contributed by atoms with E-state index >= 15 is 0 Å². The molecule has 0 radical (unpaired) electrons. The van der Waals surface area contributed by atoms with E-state index in [1.54, 1.807) is 5.48 Å². The van der Waals surface area contributed by atoms with E-state index in [1.165, 1.54) is 8.61 Å². The second kappa shape index (κ2) is 8.06. The second-order valence-electron chi connectivity index (χ2n) is 6.45. The lowest BCUT2D eigenvalue weighted by atomic mass is 10.0. The first-order chi connectivity index (χ1) is 12.4. The molecule has 2 aliphatic rings. The van der Waals surface area contributed by atoms with Crippen LogP contribution in [0.1, 0.15) is 31.2 Å². The summed E-state index contributed by atoms with van der Waals surface area (Å²) in [5.41, 5.74) is 3.70. The standard InChI is InChI=1S/C17H22ClN3O4S/c18-15-6-4-13(5-7-15)14-8-11-20(12-9-14)26(24,25)21-10-2-1-3-16(21)17(22)19-23/h4-8,16,23H,1-3,9-12H2,(H,19,22)/t16-/m1/s1. The van der Waals surface area contributed by atoms with E-state index in [-0.39, 0.29) is 13.1 Å². The predicted molar refractivity (Wildman–Crippen MR) is 98.8 cm³/mol. The number of hydrogen-bond acceptors (Lipinski definition) is 4. The average molecular weight is 400 g/mol. The van der Waals surface area contributed by atoms with Crippen LogP contribution in [0.2, 0.25) is 5.02 Å². The quantitative estimate of drug-likeness (QED) is 0.598. The van der Waals surface area contributed by atoms with E-state index in [0.29, 0.717) is 30.8 Å². The molecule has 0 unspecified atom stereocenters. The highest BCUT2D eigenvalue weighted by molar-refractivity contribution is 7.86. The summed E-state index contributed by atoms with van der Waals surface area (Å²) in [5.74, 6) is -0.678. The molecule has 26 heavy (non-hydrogen) atoms. The number of amides is 1. The van der Waals surface area contributed by atoms with Gasteiger partial charge in [-0.1, -0.05) is 36.2 Å². The third-order valence-corrected chi connectivity index (χ3v) is 7.14. The van der Waals surface area contributed by atoms with Gasteiger partial charge < -0.3 is 0 Å². The number of nitrogens with zero attached hydrogens (tertiary/aromatic N) is 2. The van der Waals surface area contributed by atoms with Crippen molar-refractivity contribution >= 4 is 33.3 Å². The van der Waals surface area contributed by atoms with E-state index in [4.69, 9.17) is 16.8 Å². The van der Waals surface area contributed by atoms with Crippen LogP contribution in [0.4, 0.5) is 0 Å². The molecule has 2 aliphatic heterocycles. The molecule has 0 aliphatic carbocycles. The van der Waals surface area contributed by atoms with Crippen LogP contribution >= 0.6 is 11.6 Å². The molecule has 2 N–H and O–H groups in total. The first-order valence-corrected chi connectivity index (χ1v) is 10.4. The minimum Gasteiger partial charge on any atom is -0.289 e. The molecule has 1 aromatic rings. The summed E-state index contributed by atoms with van der Waals surface area (Å²) >= 11 is 5.91. The topological polar surface area (TPSA) is 90.0 Å². The molecule has 0 bridgehead atoms. The van der Waals surface area contributed by atoms with Gasteiger partial charge in [0.1, 0.15) is 6.04 Å². The Kier molecular flexibility index (Phi) is 5.99. The number of nitrogens with one attached hydrogen (secondary N) is 1. The normalized spacial score (nSPS) is 22.7. The maximum absolute atomic E-state index is 13.0. The monoisotopic (exact) mass is 399 g/mol. The van der Waals surface area contributed by atoms with Gasteiger partial charge in [0.2, 0.25) is 0 Å². The predicted octanol–water partition coefficient (Wildman–Crippen LogP) is 2.03. The second-order valence-corrected chi connectivity index (χ2v) is 8.77. The summed E-state index contributed by atoms with van der Waals surface area (Å²) in [5, 5.41) is 9.57. The molecular formula is C17H22ClN3O4S. The lowest BCUT2D eigenvalue weighted by Crippen LogP contribution is -2.56. The van der Waals surface area contributed by atoms with Crippen molar-refractivity contribution in [2.75, 3.05) is 19.6 Å². The van der Waals surface area contributed by atoms with Gasteiger partial charge in [-0.05, 0) is 42.5 Å². The zero-order chi connectivity index (χ0) is 18.7. The number of carbonyl (C=O) groups excluding carboxylic acids is 1. The zero-order valence-electron chi connectivity index (χ0n) is 14.3. The molecular weight excluding hydrogens is 378 g/mol. The van der Waals surface area contributed by atoms with Gasteiger partial charge in [-0.15, -0.1) is 0 Å². The average Bonchev–Trinajstić information content (AvgIpc) is 2.68. The third-order valence-electron chi connectivity index (χ3n) is 4.88. The van der Waals surface area contributed by atoms with Gasteiger partial charge in [-0.25, -0.2) is 5.48 Å². The molecule has 2 heterocycles. The third kappa shape index (κ3) is 3.94. The van der Waals surface area contributed by atoms with Gasteiger partial charge in [0.05, 0.1) is 0 Å². The summed E-state index contributed by atoms with van der Waals surface area (Å²) in [6, 6.07) is 6.61. The van der Waals surface area contributed by atoms with Crippen LogP contribution in [0, 0.1) is 0 Å². The zero-order valence-corrected chi connectivity index (χ0v) is 15.8. The first kappa shape index (κ1) is 19.3. The molecule has 1 saturated heterocycles. The van der Waals surface area contributed by atoms with E-state index in [2.05, 4.69) is 0 Å². The Morgan fingerprint density at radius 3 is 2.54 bits per heavy atom. The number of benzene rings is 1.